The van der Waals surface area contributed by atoms with E-state index in [1.54, 1.807) is 7.11 Å². The first-order valence-electron chi connectivity index (χ1n) is 6.92. The van der Waals surface area contributed by atoms with Crippen LogP contribution in [0.4, 0.5) is 0 Å². The fraction of sp³-hybridized carbons (Fsp3) is 0.600. The Bertz CT molecular complexity index is 433. The number of rotatable bonds is 3. The minimum atomic E-state index is 0.589. The molecule has 0 radical (unpaired) electrons. The molecule has 1 aromatic rings. The summed E-state index contributed by atoms with van der Waals surface area (Å²) in [6, 6.07) is 7.12. The van der Waals surface area contributed by atoms with E-state index >= 15 is 0 Å². The molecule has 98 valence electrons. The van der Waals surface area contributed by atoms with Gasteiger partial charge in [-0.05, 0) is 61.5 Å². The molecule has 1 heterocycles. The van der Waals surface area contributed by atoms with Gasteiger partial charge in [-0.15, -0.1) is 0 Å². The second-order valence-corrected chi connectivity index (χ2v) is 5.50. The van der Waals surface area contributed by atoms with E-state index in [9.17, 15) is 0 Å². The van der Waals surface area contributed by atoms with E-state index in [2.05, 4.69) is 23.1 Å². The summed E-state index contributed by atoms with van der Waals surface area (Å²) in [5.41, 5.74) is 8.76. The lowest BCUT2D eigenvalue weighted by Crippen LogP contribution is -2.26. The summed E-state index contributed by atoms with van der Waals surface area (Å²) in [6.45, 7) is 3.19. The van der Waals surface area contributed by atoms with Crippen molar-refractivity contribution in [1.29, 1.82) is 0 Å². The Hall–Kier alpha value is -1.06. The summed E-state index contributed by atoms with van der Waals surface area (Å²) in [5.74, 6) is 1.68. The third-order valence-corrected chi connectivity index (χ3v) is 4.49. The van der Waals surface area contributed by atoms with E-state index in [1.165, 1.54) is 36.9 Å². The summed E-state index contributed by atoms with van der Waals surface area (Å²) in [5, 5.41) is 0. The van der Waals surface area contributed by atoms with Gasteiger partial charge in [-0.1, -0.05) is 6.07 Å². The van der Waals surface area contributed by atoms with Gasteiger partial charge in [0.2, 0.25) is 0 Å². The Balaban J connectivity index is 1.81. The van der Waals surface area contributed by atoms with Crippen LogP contribution in [0.2, 0.25) is 0 Å². The highest BCUT2D eigenvalue weighted by molar-refractivity contribution is 5.41. The van der Waals surface area contributed by atoms with Crippen LogP contribution in [-0.4, -0.2) is 31.6 Å². The number of nitrogens with two attached hydrogens (primary N) is 1. The SMILES string of the molecule is COc1ccc2c(c1)C(N1CCC(CN)C1)CC2. The van der Waals surface area contributed by atoms with Crippen molar-refractivity contribution in [2.24, 2.45) is 11.7 Å². The molecule has 2 N–H and O–H groups in total. The summed E-state index contributed by atoms with van der Waals surface area (Å²) in [7, 11) is 1.74. The van der Waals surface area contributed by atoms with E-state index < -0.39 is 0 Å². The van der Waals surface area contributed by atoms with Gasteiger partial charge in [-0.25, -0.2) is 0 Å². The molecule has 2 unspecified atom stereocenters. The zero-order chi connectivity index (χ0) is 12.5. The van der Waals surface area contributed by atoms with Crippen molar-refractivity contribution in [2.45, 2.75) is 25.3 Å². The maximum Gasteiger partial charge on any atom is 0.119 e. The van der Waals surface area contributed by atoms with E-state index in [0.717, 1.165) is 18.8 Å². The van der Waals surface area contributed by atoms with Crippen molar-refractivity contribution >= 4 is 0 Å². The Morgan fingerprint density at radius 1 is 1.39 bits per heavy atom. The van der Waals surface area contributed by atoms with Gasteiger partial charge in [0.1, 0.15) is 5.75 Å². The topological polar surface area (TPSA) is 38.5 Å². The molecule has 18 heavy (non-hydrogen) atoms. The average Bonchev–Trinajstić information content (AvgIpc) is 3.03. The molecule has 0 spiro atoms. The van der Waals surface area contributed by atoms with Gasteiger partial charge >= 0.3 is 0 Å². The third kappa shape index (κ3) is 2.02. The number of hydrogen-bond donors (Lipinski definition) is 1. The molecule has 3 nitrogen and oxygen atoms in total. The molecule has 1 aliphatic heterocycles. The highest BCUT2D eigenvalue weighted by Gasteiger charge is 2.32. The molecule has 1 aliphatic carbocycles. The number of methoxy groups -OCH3 is 1. The molecule has 0 aromatic heterocycles. The van der Waals surface area contributed by atoms with Gasteiger partial charge in [-0.3, -0.25) is 4.90 Å². The Kier molecular flexibility index (Phi) is 3.27. The van der Waals surface area contributed by atoms with Crippen molar-refractivity contribution in [3.05, 3.63) is 29.3 Å². The zero-order valence-corrected chi connectivity index (χ0v) is 11.1. The number of hydrogen-bond acceptors (Lipinski definition) is 3. The molecule has 2 atom stereocenters. The largest absolute Gasteiger partial charge is 0.497 e. The Morgan fingerprint density at radius 3 is 3.00 bits per heavy atom. The fourth-order valence-electron chi connectivity index (χ4n) is 3.40. The van der Waals surface area contributed by atoms with Gasteiger partial charge in [0.25, 0.3) is 0 Å². The van der Waals surface area contributed by atoms with E-state index in [1.807, 2.05) is 0 Å². The lowest BCUT2D eigenvalue weighted by Gasteiger charge is -2.25. The van der Waals surface area contributed by atoms with Crippen molar-refractivity contribution in [1.82, 2.24) is 4.90 Å². The lowest BCUT2D eigenvalue weighted by atomic mass is 10.1. The molecule has 1 saturated heterocycles. The quantitative estimate of drug-likeness (QED) is 0.886. The van der Waals surface area contributed by atoms with Crippen LogP contribution in [-0.2, 0) is 6.42 Å². The zero-order valence-electron chi connectivity index (χ0n) is 11.1. The van der Waals surface area contributed by atoms with Gasteiger partial charge in [0, 0.05) is 12.6 Å². The van der Waals surface area contributed by atoms with Gasteiger partial charge < -0.3 is 10.5 Å². The van der Waals surface area contributed by atoms with Gasteiger partial charge in [-0.2, -0.15) is 0 Å². The Labute approximate surface area is 109 Å². The van der Waals surface area contributed by atoms with Crippen molar-refractivity contribution < 1.29 is 4.74 Å². The van der Waals surface area contributed by atoms with Crippen LogP contribution in [0.15, 0.2) is 18.2 Å². The molecule has 2 aliphatic rings. The predicted molar refractivity (Wildman–Crippen MR) is 72.8 cm³/mol. The van der Waals surface area contributed by atoms with E-state index in [-0.39, 0.29) is 0 Å². The number of likely N-dealkylation sites (tertiary alicyclic amines) is 1. The number of ether oxygens (including phenoxy) is 1. The molecule has 0 bridgehead atoms. The molecule has 0 saturated carbocycles. The maximum atomic E-state index is 5.79. The molecular formula is C15H22N2O. The summed E-state index contributed by atoms with van der Waals surface area (Å²) >= 11 is 0. The first-order valence-corrected chi connectivity index (χ1v) is 6.92. The van der Waals surface area contributed by atoms with Gasteiger partial charge in [0.15, 0.2) is 0 Å². The van der Waals surface area contributed by atoms with Crippen LogP contribution in [0.5, 0.6) is 5.75 Å². The second-order valence-electron chi connectivity index (χ2n) is 5.50. The smallest absolute Gasteiger partial charge is 0.119 e. The summed E-state index contributed by atoms with van der Waals surface area (Å²) in [4.78, 5) is 2.61. The summed E-state index contributed by atoms with van der Waals surface area (Å²) in [6.07, 6.45) is 3.71. The van der Waals surface area contributed by atoms with Crippen molar-refractivity contribution in [3.63, 3.8) is 0 Å². The van der Waals surface area contributed by atoms with E-state index in [0.29, 0.717) is 12.0 Å². The monoisotopic (exact) mass is 246 g/mol. The Morgan fingerprint density at radius 2 is 2.28 bits per heavy atom. The van der Waals surface area contributed by atoms with Crippen molar-refractivity contribution in [2.75, 3.05) is 26.7 Å². The normalized spacial score (nSPS) is 27.4. The van der Waals surface area contributed by atoms with Crippen LogP contribution in [0, 0.1) is 5.92 Å². The maximum absolute atomic E-state index is 5.79. The lowest BCUT2D eigenvalue weighted by molar-refractivity contribution is 0.236. The highest BCUT2D eigenvalue weighted by Crippen LogP contribution is 2.39. The molecule has 1 aromatic carbocycles. The van der Waals surface area contributed by atoms with Crippen LogP contribution >= 0.6 is 0 Å². The highest BCUT2D eigenvalue weighted by atomic mass is 16.5. The molecule has 3 rings (SSSR count). The fourth-order valence-corrected chi connectivity index (χ4v) is 3.40. The molecule has 0 amide bonds. The average molecular weight is 246 g/mol. The second kappa shape index (κ2) is 4.90. The summed E-state index contributed by atoms with van der Waals surface area (Å²) < 4.78 is 5.35. The number of nitrogens with zero attached hydrogens (tertiary/aromatic N) is 1. The van der Waals surface area contributed by atoms with E-state index in [4.69, 9.17) is 10.5 Å². The number of benzene rings is 1. The minimum Gasteiger partial charge on any atom is -0.497 e. The number of aryl methyl sites for hydroxylation is 1. The van der Waals surface area contributed by atoms with Crippen LogP contribution in [0.3, 0.4) is 0 Å². The predicted octanol–water partition coefficient (Wildman–Crippen LogP) is 1.96. The van der Waals surface area contributed by atoms with Gasteiger partial charge in [0.05, 0.1) is 7.11 Å². The molecule has 3 heteroatoms. The molecular weight excluding hydrogens is 224 g/mol. The first-order chi connectivity index (χ1) is 8.81. The molecule has 1 fully saturated rings. The minimum absolute atomic E-state index is 0.589. The standard InChI is InChI=1S/C15H22N2O/c1-18-13-4-2-12-3-5-15(14(12)8-13)17-7-6-11(9-16)10-17/h2,4,8,11,15H,3,5-7,9-10,16H2,1H3. The van der Waals surface area contributed by atoms with Crippen molar-refractivity contribution in [3.8, 4) is 5.75 Å². The van der Waals surface area contributed by atoms with Crippen LogP contribution < -0.4 is 10.5 Å². The third-order valence-electron chi connectivity index (χ3n) is 4.49. The van der Waals surface area contributed by atoms with Crippen LogP contribution in [0.25, 0.3) is 0 Å². The first kappa shape index (κ1) is 12.0. The number of fused-ring (bicyclic) bond motifs is 1. The van der Waals surface area contributed by atoms with Crippen LogP contribution in [0.1, 0.15) is 30.0 Å².